The number of hydrogen-bond acceptors (Lipinski definition) is 5. The molecular formula is C22H28N2O5. The first kappa shape index (κ1) is 20.9. The number of nitrogens with one attached hydrogen (secondary N) is 2. The number of aliphatic hydroxyl groups excluding tert-OH is 1. The van der Waals surface area contributed by atoms with Gasteiger partial charge in [0.1, 0.15) is 11.5 Å². The van der Waals surface area contributed by atoms with Crippen molar-refractivity contribution in [1.29, 1.82) is 0 Å². The molecule has 1 aliphatic carbocycles. The number of furan rings is 1. The quantitative estimate of drug-likeness (QED) is 0.692. The summed E-state index contributed by atoms with van der Waals surface area (Å²) < 4.78 is 11.0. The topological polar surface area (TPSA) is 101 Å². The Hall–Kier alpha value is -2.80. The maximum Gasteiger partial charge on any atom is 0.286 e. The van der Waals surface area contributed by atoms with Gasteiger partial charge < -0.3 is 24.9 Å². The first-order valence-electron chi connectivity index (χ1n) is 9.91. The molecule has 1 aliphatic rings. The van der Waals surface area contributed by atoms with Crippen molar-refractivity contribution in [2.45, 2.75) is 50.7 Å². The van der Waals surface area contributed by atoms with E-state index in [1.54, 1.807) is 7.11 Å². The van der Waals surface area contributed by atoms with Crippen LogP contribution < -0.4 is 15.4 Å². The number of amides is 2. The third kappa shape index (κ3) is 4.79. The highest BCUT2D eigenvalue weighted by atomic mass is 16.5. The van der Waals surface area contributed by atoms with Crippen LogP contribution in [0.15, 0.2) is 34.7 Å². The van der Waals surface area contributed by atoms with Gasteiger partial charge in [-0.2, -0.15) is 0 Å². The standard InChI is InChI=1S/C22H28N2O5/c1-13(14-4-10-17(28-3)11-5-14)20-18(12-19(29-20)22(27)23-2)21(26)24-15-6-8-16(25)9-7-15/h4-5,10-13,15-16,25H,6-9H2,1-3H3,(H,23,27)(H,24,26). The highest BCUT2D eigenvalue weighted by Gasteiger charge is 2.28. The molecule has 1 fully saturated rings. The number of methoxy groups -OCH3 is 1. The zero-order chi connectivity index (χ0) is 21.0. The summed E-state index contributed by atoms with van der Waals surface area (Å²) in [6.07, 6.45) is 2.53. The first-order chi connectivity index (χ1) is 13.9. The second-order valence-corrected chi connectivity index (χ2v) is 7.44. The van der Waals surface area contributed by atoms with Gasteiger partial charge in [-0.25, -0.2) is 0 Å². The number of rotatable bonds is 6. The van der Waals surface area contributed by atoms with Crippen LogP contribution in [0.1, 0.15) is 70.8 Å². The van der Waals surface area contributed by atoms with Gasteiger partial charge in [0.25, 0.3) is 11.8 Å². The van der Waals surface area contributed by atoms with E-state index >= 15 is 0 Å². The second-order valence-electron chi connectivity index (χ2n) is 7.44. The maximum atomic E-state index is 13.0. The molecule has 3 rings (SSSR count). The van der Waals surface area contributed by atoms with E-state index in [2.05, 4.69) is 10.6 Å². The third-order valence-electron chi connectivity index (χ3n) is 5.50. The van der Waals surface area contributed by atoms with Crippen LogP contribution in [0.25, 0.3) is 0 Å². The SMILES string of the molecule is CNC(=O)c1cc(C(=O)NC2CCC(O)CC2)c(C(C)c2ccc(OC)cc2)o1. The molecule has 3 N–H and O–H groups in total. The molecule has 0 saturated heterocycles. The summed E-state index contributed by atoms with van der Waals surface area (Å²) in [4.78, 5) is 25.1. The minimum atomic E-state index is -0.381. The smallest absolute Gasteiger partial charge is 0.286 e. The van der Waals surface area contributed by atoms with Crippen LogP contribution in [0.3, 0.4) is 0 Å². The summed E-state index contributed by atoms with van der Waals surface area (Å²) in [5.41, 5.74) is 1.30. The van der Waals surface area contributed by atoms with E-state index in [1.165, 1.54) is 13.1 Å². The molecule has 1 atom stereocenters. The van der Waals surface area contributed by atoms with E-state index in [1.807, 2.05) is 31.2 Å². The Labute approximate surface area is 170 Å². The average Bonchev–Trinajstić information content (AvgIpc) is 3.20. The second kappa shape index (κ2) is 9.13. The fraction of sp³-hybridized carbons (Fsp3) is 0.455. The van der Waals surface area contributed by atoms with Gasteiger partial charge in [0.2, 0.25) is 0 Å². The lowest BCUT2D eigenvalue weighted by Gasteiger charge is -2.26. The molecule has 2 aromatic rings. The van der Waals surface area contributed by atoms with Crippen molar-refractivity contribution in [3.8, 4) is 5.75 Å². The molecule has 1 aromatic heterocycles. The lowest BCUT2D eigenvalue weighted by molar-refractivity contribution is 0.0864. The number of hydrogen-bond donors (Lipinski definition) is 3. The summed E-state index contributed by atoms with van der Waals surface area (Å²) in [5.74, 6) is 0.417. The molecular weight excluding hydrogens is 372 g/mol. The Morgan fingerprint density at radius 2 is 1.79 bits per heavy atom. The van der Waals surface area contributed by atoms with Crippen LogP contribution in [0.2, 0.25) is 0 Å². The molecule has 29 heavy (non-hydrogen) atoms. The Kier molecular flexibility index (Phi) is 6.59. The molecule has 2 amide bonds. The van der Waals surface area contributed by atoms with Crippen molar-refractivity contribution in [3.63, 3.8) is 0 Å². The summed E-state index contributed by atoms with van der Waals surface area (Å²) in [6, 6.07) is 9.03. The van der Waals surface area contributed by atoms with Crippen LogP contribution in [0, 0.1) is 0 Å². The molecule has 7 heteroatoms. The number of carbonyl (C=O) groups excluding carboxylic acids is 2. The van der Waals surface area contributed by atoms with Crippen molar-refractivity contribution in [1.82, 2.24) is 10.6 Å². The molecule has 1 unspecified atom stereocenters. The van der Waals surface area contributed by atoms with E-state index in [0.29, 0.717) is 24.2 Å². The van der Waals surface area contributed by atoms with Crippen LogP contribution in [0.5, 0.6) is 5.75 Å². The predicted octanol–water partition coefficient (Wildman–Crippen LogP) is 2.83. The summed E-state index contributed by atoms with van der Waals surface area (Å²) in [7, 11) is 3.12. The molecule has 7 nitrogen and oxygen atoms in total. The monoisotopic (exact) mass is 400 g/mol. The molecule has 0 radical (unpaired) electrons. The van der Waals surface area contributed by atoms with E-state index in [9.17, 15) is 14.7 Å². The van der Waals surface area contributed by atoms with Crippen molar-refractivity contribution in [2.75, 3.05) is 14.2 Å². The van der Waals surface area contributed by atoms with Gasteiger partial charge in [0, 0.05) is 25.1 Å². The van der Waals surface area contributed by atoms with Gasteiger partial charge in [-0.05, 0) is 43.4 Å². The average molecular weight is 400 g/mol. The van der Waals surface area contributed by atoms with Gasteiger partial charge in [-0.3, -0.25) is 9.59 Å². The highest BCUT2D eigenvalue weighted by molar-refractivity contribution is 5.99. The Bertz CT molecular complexity index is 851. The highest BCUT2D eigenvalue weighted by Crippen LogP contribution is 2.31. The first-order valence-corrected chi connectivity index (χ1v) is 9.91. The molecule has 1 saturated carbocycles. The zero-order valence-corrected chi connectivity index (χ0v) is 17.0. The lowest BCUT2D eigenvalue weighted by Crippen LogP contribution is -2.38. The number of aliphatic hydroxyl groups is 1. The Morgan fingerprint density at radius 3 is 2.38 bits per heavy atom. The van der Waals surface area contributed by atoms with Crippen molar-refractivity contribution < 1.29 is 23.8 Å². The number of carbonyl (C=O) groups is 2. The van der Waals surface area contributed by atoms with Crippen molar-refractivity contribution in [2.24, 2.45) is 0 Å². The number of ether oxygens (including phenoxy) is 1. The fourth-order valence-electron chi connectivity index (χ4n) is 3.67. The zero-order valence-electron chi connectivity index (χ0n) is 17.0. The van der Waals surface area contributed by atoms with Gasteiger partial charge in [0.15, 0.2) is 5.76 Å². The Morgan fingerprint density at radius 1 is 1.14 bits per heavy atom. The van der Waals surface area contributed by atoms with Crippen LogP contribution in [-0.4, -0.2) is 43.2 Å². The minimum Gasteiger partial charge on any atom is -0.497 e. The van der Waals surface area contributed by atoms with Crippen molar-refractivity contribution >= 4 is 11.8 Å². The van der Waals surface area contributed by atoms with Gasteiger partial charge in [-0.1, -0.05) is 19.1 Å². The molecule has 1 heterocycles. The van der Waals surface area contributed by atoms with Gasteiger partial charge >= 0.3 is 0 Å². The molecule has 0 aliphatic heterocycles. The van der Waals surface area contributed by atoms with Gasteiger partial charge in [-0.15, -0.1) is 0 Å². The summed E-state index contributed by atoms with van der Waals surface area (Å²) in [5, 5.41) is 15.2. The van der Waals surface area contributed by atoms with E-state index in [0.717, 1.165) is 24.2 Å². The number of benzene rings is 1. The normalized spacial score (nSPS) is 20.0. The third-order valence-corrected chi connectivity index (χ3v) is 5.50. The van der Waals surface area contributed by atoms with Crippen LogP contribution >= 0.6 is 0 Å². The van der Waals surface area contributed by atoms with Crippen LogP contribution in [-0.2, 0) is 0 Å². The molecule has 0 spiro atoms. The summed E-state index contributed by atoms with van der Waals surface area (Å²) >= 11 is 0. The lowest BCUT2D eigenvalue weighted by atomic mass is 9.92. The minimum absolute atomic E-state index is 0.00777. The van der Waals surface area contributed by atoms with Gasteiger partial charge in [0.05, 0.1) is 18.8 Å². The van der Waals surface area contributed by atoms with Crippen LogP contribution in [0.4, 0.5) is 0 Å². The maximum absolute atomic E-state index is 13.0. The van der Waals surface area contributed by atoms with E-state index in [-0.39, 0.29) is 35.6 Å². The van der Waals surface area contributed by atoms with E-state index in [4.69, 9.17) is 9.15 Å². The fourth-order valence-corrected chi connectivity index (χ4v) is 3.67. The van der Waals surface area contributed by atoms with Crippen molar-refractivity contribution in [3.05, 3.63) is 53.0 Å². The molecule has 1 aromatic carbocycles. The molecule has 156 valence electrons. The Balaban J connectivity index is 1.87. The summed E-state index contributed by atoms with van der Waals surface area (Å²) in [6.45, 7) is 1.93. The molecule has 0 bridgehead atoms. The largest absolute Gasteiger partial charge is 0.497 e. The predicted molar refractivity (Wildman–Crippen MR) is 108 cm³/mol. The van der Waals surface area contributed by atoms with E-state index < -0.39 is 0 Å².